The summed E-state index contributed by atoms with van der Waals surface area (Å²) in [5.41, 5.74) is 5.39. The molecule has 0 fully saturated rings. The zero-order valence-electron chi connectivity index (χ0n) is 20.3. The molecule has 7 nitrogen and oxygen atoms in total. The molecule has 0 bridgehead atoms. The molecular formula is C28H29N3O4. The van der Waals surface area contributed by atoms with Crippen molar-refractivity contribution in [2.75, 3.05) is 0 Å². The highest BCUT2D eigenvalue weighted by atomic mass is 16.6. The Morgan fingerprint density at radius 2 is 1.60 bits per heavy atom. The number of rotatable bonds is 6. The zero-order chi connectivity index (χ0) is 25.2. The van der Waals surface area contributed by atoms with Crippen LogP contribution >= 0.6 is 0 Å². The summed E-state index contributed by atoms with van der Waals surface area (Å²) in [6.45, 7) is 7.15. The van der Waals surface area contributed by atoms with Gasteiger partial charge in [-0.1, -0.05) is 60.7 Å². The van der Waals surface area contributed by atoms with E-state index >= 15 is 0 Å². The van der Waals surface area contributed by atoms with E-state index in [4.69, 9.17) is 9.72 Å². The van der Waals surface area contributed by atoms with Gasteiger partial charge in [0.15, 0.2) is 0 Å². The van der Waals surface area contributed by atoms with Gasteiger partial charge in [-0.2, -0.15) is 0 Å². The van der Waals surface area contributed by atoms with Crippen LogP contribution in [0.5, 0.6) is 0 Å². The number of aliphatic carboxylic acids is 1. The minimum atomic E-state index is -1.19. The van der Waals surface area contributed by atoms with Crippen molar-refractivity contribution < 1.29 is 19.4 Å². The monoisotopic (exact) mass is 471 g/mol. The third kappa shape index (κ3) is 5.69. The molecule has 7 heteroatoms. The maximum absolute atomic E-state index is 12.3. The summed E-state index contributed by atoms with van der Waals surface area (Å²) in [6.07, 6.45) is 1.18. The number of pyridine rings is 1. The number of hydrogen-bond acceptors (Lipinski definition) is 4. The van der Waals surface area contributed by atoms with Crippen molar-refractivity contribution in [2.45, 2.75) is 45.8 Å². The molecule has 180 valence electrons. The van der Waals surface area contributed by atoms with Crippen molar-refractivity contribution >= 4 is 17.7 Å². The third-order valence-corrected chi connectivity index (χ3v) is 5.52. The smallest absolute Gasteiger partial charge is 0.408 e. The molecule has 4 aromatic rings. The van der Waals surface area contributed by atoms with E-state index in [1.54, 1.807) is 20.8 Å². The Balaban J connectivity index is 1.72. The number of carbonyl (C=O) groups is 2. The van der Waals surface area contributed by atoms with Gasteiger partial charge in [-0.25, -0.2) is 14.6 Å². The van der Waals surface area contributed by atoms with Crippen molar-refractivity contribution in [1.29, 1.82) is 0 Å². The Hall–Kier alpha value is -4.13. The summed E-state index contributed by atoms with van der Waals surface area (Å²) in [5.74, 6) is -1.15. The molecule has 0 spiro atoms. The van der Waals surface area contributed by atoms with Crippen LogP contribution in [0.15, 0.2) is 72.9 Å². The highest BCUT2D eigenvalue weighted by Gasteiger charge is 2.27. The van der Waals surface area contributed by atoms with Gasteiger partial charge in [-0.3, -0.25) is 0 Å². The van der Waals surface area contributed by atoms with Gasteiger partial charge in [-0.15, -0.1) is 0 Å². The van der Waals surface area contributed by atoms with E-state index in [0.29, 0.717) is 17.0 Å². The Morgan fingerprint density at radius 3 is 2.23 bits per heavy atom. The minimum Gasteiger partial charge on any atom is -0.480 e. The molecule has 0 saturated heterocycles. The van der Waals surface area contributed by atoms with Crippen LogP contribution in [-0.2, 0) is 16.0 Å². The predicted molar refractivity (Wildman–Crippen MR) is 135 cm³/mol. The van der Waals surface area contributed by atoms with Gasteiger partial charge in [0.25, 0.3) is 0 Å². The Labute approximate surface area is 204 Å². The summed E-state index contributed by atoms with van der Waals surface area (Å²) in [6, 6.07) is 20.8. The number of carboxylic acid groups (broad SMARTS) is 1. The summed E-state index contributed by atoms with van der Waals surface area (Å²) in [4.78, 5) is 29.2. The number of aryl methyl sites for hydroxylation is 1. The molecule has 2 N–H and O–H groups in total. The molecule has 4 rings (SSSR count). The lowest BCUT2D eigenvalue weighted by Crippen LogP contribution is -2.44. The SMILES string of the molecule is Cc1ccc2nc(-c3ccc(-c4ccccc4)cc3)c(CC(NC(=O)OC(C)(C)C)C(=O)O)n2c1. The van der Waals surface area contributed by atoms with Crippen LogP contribution in [0.25, 0.3) is 28.0 Å². The molecule has 2 aromatic heterocycles. The average molecular weight is 472 g/mol. The van der Waals surface area contributed by atoms with Gasteiger partial charge in [0, 0.05) is 18.2 Å². The maximum Gasteiger partial charge on any atom is 0.408 e. The molecule has 0 aliphatic rings. The Bertz CT molecular complexity index is 1350. The number of carboxylic acids is 1. The first-order chi connectivity index (χ1) is 16.6. The molecule has 0 aliphatic heterocycles. The van der Waals surface area contributed by atoms with E-state index in [1.807, 2.05) is 84.3 Å². The van der Waals surface area contributed by atoms with E-state index in [2.05, 4.69) is 5.32 Å². The number of benzene rings is 2. The normalized spacial score (nSPS) is 12.3. The number of alkyl carbamates (subject to hydrolysis) is 1. The first kappa shape index (κ1) is 24.0. The van der Waals surface area contributed by atoms with E-state index in [-0.39, 0.29) is 6.42 Å². The number of nitrogens with one attached hydrogen (secondary N) is 1. The zero-order valence-corrected chi connectivity index (χ0v) is 20.3. The topological polar surface area (TPSA) is 92.9 Å². The van der Waals surface area contributed by atoms with E-state index in [1.165, 1.54) is 0 Å². The molecule has 1 amide bonds. The summed E-state index contributed by atoms with van der Waals surface area (Å²) in [5, 5.41) is 12.4. The summed E-state index contributed by atoms with van der Waals surface area (Å²) in [7, 11) is 0. The van der Waals surface area contributed by atoms with Crippen molar-refractivity contribution in [3.8, 4) is 22.4 Å². The van der Waals surface area contributed by atoms with Gasteiger partial charge in [0.2, 0.25) is 0 Å². The molecule has 0 saturated carbocycles. The van der Waals surface area contributed by atoms with Gasteiger partial charge >= 0.3 is 12.1 Å². The number of amides is 1. The average Bonchev–Trinajstić information content (AvgIpc) is 3.15. The van der Waals surface area contributed by atoms with Crippen LogP contribution in [0.4, 0.5) is 4.79 Å². The molecule has 35 heavy (non-hydrogen) atoms. The lowest BCUT2D eigenvalue weighted by molar-refractivity contribution is -0.139. The van der Waals surface area contributed by atoms with Crippen LogP contribution in [0.2, 0.25) is 0 Å². The van der Waals surface area contributed by atoms with Crippen molar-refractivity contribution in [1.82, 2.24) is 14.7 Å². The fraction of sp³-hybridized carbons (Fsp3) is 0.250. The van der Waals surface area contributed by atoms with Crippen molar-refractivity contribution in [3.63, 3.8) is 0 Å². The molecule has 2 aromatic carbocycles. The number of nitrogens with zero attached hydrogens (tertiary/aromatic N) is 2. The second-order valence-electron chi connectivity index (χ2n) is 9.53. The van der Waals surface area contributed by atoms with Crippen LogP contribution in [-0.4, -0.2) is 38.2 Å². The highest BCUT2D eigenvalue weighted by Crippen LogP contribution is 2.29. The van der Waals surface area contributed by atoms with Crippen LogP contribution in [0, 0.1) is 6.92 Å². The van der Waals surface area contributed by atoms with E-state index in [0.717, 1.165) is 22.3 Å². The largest absolute Gasteiger partial charge is 0.480 e. The fourth-order valence-corrected chi connectivity index (χ4v) is 3.92. The highest BCUT2D eigenvalue weighted by molar-refractivity contribution is 5.81. The number of aromatic nitrogens is 2. The number of ether oxygens (including phenoxy) is 1. The van der Waals surface area contributed by atoms with Gasteiger partial charge in [-0.05, 0) is 50.5 Å². The second-order valence-corrected chi connectivity index (χ2v) is 9.53. The first-order valence-electron chi connectivity index (χ1n) is 11.5. The van der Waals surface area contributed by atoms with Crippen LogP contribution in [0.1, 0.15) is 32.0 Å². The lowest BCUT2D eigenvalue weighted by atomic mass is 10.0. The van der Waals surface area contributed by atoms with Gasteiger partial charge < -0.3 is 19.6 Å². The minimum absolute atomic E-state index is 0.0367. The number of carbonyl (C=O) groups excluding carboxylic acids is 1. The molecule has 0 radical (unpaired) electrons. The number of imidazole rings is 1. The molecular weight excluding hydrogens is 442 g/mol. The number of fused-ring (bicyclic) bond motifs is 1. The van der Waals surface area contributed by atoms with E-state index in [9.17, 15) is 14.7 Å². The molecule has 2 heterocycles. The van der Waals surface area contributed by atoms with Crippen LogP contribution in [0.3, 0.4) is 0 Å². The second kappa shape index (κ2) is 9.62. The Kier molecular flexibility index (Phi) is 6.60. The van der Waals surface area contributed by atoms with E-state index < -0.39 is 23.7 Å². The Morgan fingerprint density at radius 1 is 0.971 bits per heavy atom. The summed E-state index contributed by atoms with van der Waals surface area (Å²) >= 11 is 0. The lowest BCUT2D eigenvalue weighted by Gasteiger charge is -2.22. The van der Waals surface area contributed by atoms with Crippen molar-refractivity contribution in [3.05, 3.63) is 84.2 Å². The third-order valence-electron chi connectivity index (χ3n) is 5.52. The standard InChI is InChI=1S/C28H29N3O4/c1-18-10-15-24-30-25(21-13-11-20(12-14-21)19-8-6-5-7-9-19)23(31(24)17-18)16-22(26(32)33)29-27(34)35-28(2,3)4/h5-15,17,22H,16H2,1-4H3,(H,29,34)(H,32,33). The molecule has 0 aliphatic carbocycles. The molecule has 1 unspecified atom stereocenters. The first-order valence-corrected chi connectivity index (χ1v) is 11.5. The van der Waals surface area contributed by atoms with Crippen molar-refractivity contribution in [2.24, 2.45) is 0 Å². The predicted octanol–water partition coefficient (Wildman–Crippen LogP) is 5.50. The van der Waals surface area contributed by atoms with Crippen LogP contribution < -0.4 is 5.32 Å². The fourth-order valence-electron chi connectivity index (χ4n) is 3.92. The molecule has 1 atom stereocenters. The quantitative estimate of drug-likeness (QED) is 0.387. The van der Waals surface area contributed by atoms with Gasteiger partial charge in [0.05, 0.1) is 11.4 Å². The summed E-state index contributed by atoms with van der Waals surface area (Å²) < 4.78 is 7.17. The van der Waals surface area contributed by atoms with Gasteiger partial charge in [0.1, 0.15) is 17.3 Å². The maximum atomic E-state index is 12.3. The number of hydrogen-bond donors (Lipinski definition) is 2.